The fraction of sp³-hybridized carbons (Fsp3) is 0.348. The van der Waals surface area contributed by atoms with E-state index in [2.05, 4.69) is 5.32 Å². The molecule has 0 spiro atoms. The molecule has 6 nitrogen and oxygen atoms in total. The highest BCUT2D eigenvalue weighted by molar-refractivity contribution is 7.17. The van der Waals surface area contributed by atoms with Gasteiger partial charge in [-0.25, -0.2) is 4.79 Å². The number of aryl methyl sites for hydroxylation is 1. The number of carboxylic acid groups (broad SMARTS) is 1. The van der Waals surface area contributed by atoms with Crippen LogP contribution in [0.4, 0.5) is 5.00 Å². The molecule has 0 aliphatic heterocycles. The Morgan fingerprint density at radius 2 is 1.58 bits per heavy atom. The van der Waals surface area contributed by atoms with Gasteiger partial charge in [0, 0.05) is 10.4 Å². The van der Waals surface area contributed by atoms with Crippen molar-refractivity contribution in [3.8, 4) is 11.1 Å². The molecule has 1 fully saturated rings. The van der Waals surface area contributed by atoms with Gasteiger partial charge in [-0.3, -0.25) is 9.59 Å². The second kappa shape index (κ2) is 9.53. The van der Waals surface area contributed by atoms with Gasteiger partial charge in [0.1, 0.15) is 20.3 Å². The molecule has 0 saturated heterocycles. The third kappa shape index (κ3) is 3.62. The average Bonchev–Trinajstić information content (AvgIpc) is 3.25. The van der Waals surface area contributed by atoms with Gasteiger partial charge in [-0.2, -0.15) is 0 Å². The second-order valence-electron chi connectivity index (χ2n) is 8.23. The number of hydrogen-bond donors (Lipinski definition) is 2. The number of carbonyl (C=O) groups excluding carboxylic acids is 2. The van der Waals surface area contributed by atoms with Crippen LogP contribution in [0.2, 0.25) is 0 Å². The molecule has 13 heteroatoms. The molecule has 36 heavy (non-hydrogen) atoms. The molecule has 0 unspecified atom stereocenters. The zero-order chi connectivity index (χ0) is 26.8. The molecule has 0 radical (unpaired) electrons. The molecule has 4 atom stereocenters. The third-order valence-electron chi connectivity index (χ3n) is 6.35. The molecular formula is C23H17Cl6NO5S. The normalized spacial score (nSPS) is 28.3. The summed E-state index contributed by atoms with van der Waals surface area (Å²) in [4.78, 5) is 35.4. The molecule has 192 valence electrons. The minimum Gasteiger partial charge on any atom is -0.481 e. The molecule has 2 aliphatic carbocycles. The van der Waals surface area contributed by atoms with Gasteiger partial charge >= 0.3 is 11.9 Å². The Bertz CT molecular complexity index is 1310. The highest BCUT2D eigenvalue weighted by Gasteiger charge is 2.85. The summed E-state index contributed by atoms with van der Waals surface area (Å²) >= 11 is 40.0. The predicted molar refractivity (Wildman–Crippen MR) is 144 cm³/mol. The Morgan fingerprint density at radius 3 is 2.11 bits per heavy atom. The Balaban J connectivity index is 1.84. The molecule has 2 aliphatic rings. The number of ether oxygens (including phenoxy) is 1. The van der Waals surface area contributed by atoms with Gasteiger partial charge in [-0.15, -0.1) is 34.5 Å². The summed E-state index contributed by atoms with van der Waals surface area (Å²) in [7, 11) is 0. The Morgan fingerprint density at radius 1 is 1.03 bits per heavy atom. The minimum atomic E-state index is -2.24. The van der Waals surface area contributed by atoms with Crippen LogP contribution < -0.4 is 5.32 Å². The molecule has 1 aromatic heterocycles. The van der Waals surface area contributed by atoms with E-state index in [-0.39, 0.29) is 27.2 Å². The van der Waals surface area contributed by atoms with Gasteiger partial charge < -0.3 is 15.2 Å². The molecule has 1 saturated carbocycles. The lowest BCUT2D eigenvalue weighted by molar-refractivity contribution is -0.146. The number of carboxylic acids is 1. The predicted octanol–water partition coefficient (Wildman–Crippen LogP) is 7.00. The third-order valence-corrected chi connectivity index (χ3v) is 11.6. The van der Waals surface area contributed by atoms with Crippen LogP contribution in [-0.4, -0.2) is 43.6 Å². The second-order valence-corrected chi connectivity index (χ2v) is 12.7. The van der Waals surface area contributed by atoms with Crippen molar-refractivity contribution in [3.05, 3.63) is 50.8 Å². The van der Waals surface area contributed by atoms with E-state index < -0.39 is 43.8 Å². The number of amides is 1. The van der Waals surface area contributed by atoms with Crippen LogP contribution in [0.5, 0.6) is 0 Å². The first-order chi connectivity index (χ1) is 16.8. The summed E-state index contributed by atoms with van der Waals surface area (Å²) in [6, 6.07) is 9.07. The molecule has 4 rings (SSSR count). The Hall–Kier alpha value is -1.19. The van der Waals surface area contributed by atoms with Crippen LogP contribution in [0.25, 0.3) is 11.1 Å². The summed E-state index contributed by atoms with van der Waals surface area (Å²) in [6.45, 7) is 3.53. The molecule has 2 aromatic rings. The zero-order valence-corrected chi connectivity index (χ0v) is 23.9. The fourth-order valence-electron chi connectivity index (χ4n) is 4.80. The van der Waals surface area contributed by atoms with Gasteiger partial charge in [0.05, 0.1) is 28.5 Å². The van der Waals surface area contributed by atoms with Gasteiger partial charge in [0.2, 0.25) is 5.91 Å². The van der Waals surface area contributed by atoms with Crippen LogP contribution in [0.1, 0.15) is 22.2 Å². The van der Waals surface area contributed by atoms with E-state index in [0.717, 1.165) is 16.9 Å². The van der Waals surface area contributed by atoms with Crippen LogP contribution in [0.3, 0.4) is 0 Å². The van der Waals surface area contributed by atoms with Gasteiger partial charge in [-0.05, 0) is 19.4 Å². The quantitative estimate of drug-likeness (QED) is 0.265. The number of fused-ring (bicyclic) bond motifs is 2. The Kier molecular flexibility index (Phi) is 7.37. The molecule has 1 heterocycles. The maximum Gasteiger partial charge on any atom is 0.341 e. The summed E-state index contributed by atoms with van der Waals surface area (Å²) in [5, 5.41) is 12.1. The monoisotopic (exact) mass is 629 g/mol. The van der Waals surface area contributed by atoms with Crippen LogP contribution in [-0.2, 0) is 14.3 Å². The number of thiophene rings is 1. The van der Waals surface area contributed by atoms with E-state index in [4.69, 9.17) is 74.3 Å². The summed E-state index contributed by atoms with van der Waals surface area (Å²) in [6.07, 6.45) is 0. The van der Waals surface area contributed by atoms with E-state index >= 15 is 0 Å². The smallest absolute Gasteiger partial charge is 0.341 e. The number of aliphatic carboxylic acids is 1. The first-order valence-electron chi connectivity index (χ1n) is 10.5. The molecule has 1 aromatic carbocycles. The van der Waals surface area contributed by atoms with E-state index in [9.17, 15) is 19.5 Å². The zero-order valence-electron chi connectivity index (χ0n) is 18.5. The molecular weight excluding hydrogens is 615 g/mol. The van der Waals surface area contributed by atoms with E-state index in [0.29, 0.717) is 10.4 Å². The SMILES string of the molecule is CCOC(=O)c1c(NC(=O)[C@H]2[C@H](C(=O)O)[C@]3(Cl)C(Cl)=C(Cl)[C@]2(Cl)C3(Cl)Cl)sc(C)c1-c1ccccc1. The summed E-state index contributed by atoms with van der Waals surface area (Å²) in [5.74, 6) is -6.45. The first kappa shape index (κ1) is 27.8. The van der Waals surface area contributed by atoms with Crippen molar-refractivity contribution < 1.29 is 24.2 Å². The van der Waals surface area contributed by atoms with Crippen molar-refractivity contribution in [3.63, 3.8) is 0 Å². The average molecular weight is 632 g/mol. The van der Waals surface area contributed by atoms with E-state index in [1.165, 1.54) is 0 Å². The van der Waals surface area contributed by atoms with Gasteiger partial charge in [-0.1, -0.05) is 76.7 Å². The lowest BCUT2D eigenvalue weighted by Gasteiger charge is -2.33. The summed E-state index contributed by atoms with van der Waals surface area (Å²) < 4.78 is 3.00. The van der Waals surface area contributed by atoms with Crippen LogP contribution in [0, 0.1) is 18.8 Å². The number of alkyl halides is 4. The number of esters is 1. The maximum atomic E-state index is 13.7. The van der Waals surface area contributed by atoms with Crippen molar-refractivity contribution in [2.24, 2.45) is 11.8 Å². The van der Waals surface area contributed by atoms with Crippen LogP contribution in [0.15, 0.2) is 40.4 Å². The standard InChI is InChI=1S/C23H17Cl6NO5S/c1-3-35-20(34)12-11(10-7-5-4-6-8-10)9(2)36-18(12)30-17(31)13-14(19(32)33)22(27)16(25)15(24)21(13,26)23(22,28)29/h4-8,13-14H,3H2,1-2H3,(H,30,31)(H,32,33)/t13-,14-,21+,22+/m1/s1. The molecule has 2 bridgehead atoms. The van der Waals surface area contributed by atoms with Crippen molar-refractivity contribution in [1.29, 1.82) is 0 Å². The van der Waals surface area contributed by atoms with Crippen LogP contribution >= 0.6 is 80.9 Å². The number of nitrogens with one attached hydrogen (secondary N) is 1. The lowest BCUT2D eigenvalue weighted by Crippen LogP contribution is -2.47. The van der Waals surface area contributed by atoms with Gasteiger partial charge in [0.15, 0.2) is 4.33 Å². The number of allylic oxidation sites excluding steroid dienone is 2. The minimum absolute atomic E-state index is 0.0958. The lowest BCUT2D eigenvalue weighted by atomic mass is 9.81. The molecule has 1 amide bonds. The van der Waals surface area contributed by atoms with Gasteiger partial charge in [0.25, 0.3) is 0 Å². The van der Waals surface area contributed by atoms with Crippen molar-refractivity contribution in [2.75, 3.05) is 11.9 Å². The Labute approximate surface area is 240 Å². The topological polar surface area (TPSA) is 92.7 Å². The number of benzene rings is 1. The fourth-order valence-corrected chi connectivity index (χ4v) is 8.80. The van der Waals surface area contributed by atoms with E-state index in [1.807, 2.05) is 30.3 Å². The number of carbonyl (C=O) groups is 3. The number of anilines is 1. The largest absolute Gasteiger partial charge is 0.481 e. The number of halogens is 6. The maximum absolute atomic E-state index is 13.7. The molecule has 2 N–H and O–H groups in total. The van der Waals surface area contributed by atoms with E-state index in [1.54, 1.807) is 13.8 Å². The number of rotatable bonds is 6. The van der Waals surface area contributed by atoms with Crippen molar-refractivity contribution >= 4 is 104 Å². The highest BCUT2D eigenvalue weighted by atomic mass is 35.5. The number of hydrogen-bond acceptors (Lipinski definition) is 5. The van der Waals surface area contributed by atoms with Crippen molar-refractivity contribution in [2.45, 2.75) is 27.9 Å². The highest BCUT2D eigenvalue weighted by Crippen LogP contribution is 2.76. The van der Waals surface area contributed by atoms with Crippen molar-refractivity contribution in [1.82, 2.24) is 0 Å². The first-order valence-corrected chi connectivity index (χ1v) is 13.6. The summed E-state index contributed by atoms with van der Waals surface area (Å²) in [5.41, 5.74) is 1.40.